The van der Waals surface area contributed by atoms with Gasteiger partial charge in [-0.05, 0) is 24.1 Å². The topological polar surface area (TPSA) is 52.1 Å². The van der Waals surface area contributed by atoms with Gasteiger partial charge in [-0.25, -0.2) is 0 Å². The molecule has 0 bridgehead atoms. The van der Waals surface area contributed by atoms with Crippen molar-refractivity contribution in [3.8, 4) is 0 Å². The van der Waals surface area contributed by atoms with Crippen LogP contribution in [0.1, 0.15) is 18.9 Å². The molecule has 0 saturated carbocycles. The van der Waals surface area contributed by atoms with Crippen molar-refractivity contribution >= 4 is 11.5 Å². The highest BCUT2D eigenvalue weighted by Gasteiger charge is 2.26. The summed E-state index contributed by atoms with van der Waals surface area (Å²) in [6.07, 6.45) is 5.61. The lowest BCUT2D eigenvalue weighted by atomic mass is 9.99. The van der Waals surface area contributed by atoms with Gasteiger partial charge in [-0.1, -0.05) is 25.1 Å². The number of benzene rings is 1. The van der Waals surface area contributed by atoms with Crippen LogP contribution >= 0.6 is 0 Å². The molecule has 1 aliphatic carbocycles. The van der Waals surface area contributed by atoms with Gasteiger partial charge in [0.15, 0.2) is 0 Å². The average Bonchev–Trinajstić information content (AvgIpc) is 3.22. The fraction of sp³-hybridized carbons (Fsp3) is 0.522. The minimum atomic E-state index is 0.385. The second-order valence-corrected chi connectivity index (χ2v) is 8.20. The number of nitrogens with zero attached hydrogens (tertiary/aromatic N) is 3. The molecule has 1 aromatic carbocycles. The number of methoxy groups -OCH3 is 1. The van der Waals surface area contributed by atoms with Gasteiger partial charge < -0.3 is 20.3 Å². The van der Waals surface area contributed by atoms with Crippen LogP contribution in [0.25, 0.3) is 0 Å². The summed E-state index contributed by atoms with van der Waals surface area (Å²) in [5.41, 5.74) is 3.60. The third kappa shape index (κ3) is 4.58. The molecule has 2 N–H and O–H groups in total. The van der Waals surface area contributed by atoms with Crippen LogP contribution < -0.4 is 10.6 Å². The maximum Gasteiger partial charge on any atom is 0.130 e. The Morgan fingerprint density at radius 3 is 2.76 bits per heavy atom. The largest absolute Gasteiger partial charge is 0.501 e. The van der Waals surface area contributed by atoms with Crippen molar-refractivity contribution in [2.24, 2.45) is 10.9 Å². The number of amidine groups is 1. The minimum Gasteiger partial charge on any atom is -0.501 e. The molecule has 2 unspecified atom stereocenters. The lowest BCUT2D eigenvalue weighted by Crippen LogP contribution is -2.50. The van der Waals surface area contributed by atoms with E-state index in [1.807, 2.05) is 7.05 Å². The van der Waals surface area contributed by atoms with Crippen molar-refractivity contribution in [1.82, 2.24) is 15.1 Å². The molecule has 156 valence electrons. The van der Waals surface area contributed by atoms with E-state index in [0.29, 0.717) is 12.0 Å². The number of allylic oxidation sites excluding steroid dienone is 3. The van der Waals surface area contributed by atoms with Crippen molar-refractivity contribution < 1.29 is 4.74 Å². The Morgan fingerprint density at radius 2 is 2.00 bits per heavy atom. The number of nitrogens with one attached hydrogen (secondary N) is 2. The molecule has 2 heterocycles. The van der Waals surface area contributed by atoms with Crippen LogP contribution in [0, 0.1) is 5.92 Å². The number of piperazine rings is 1. The highest BCUT2D eigenvalue weighted by molar-refractivity contribution is 6.04. The maximum absolute atomic E-state index is 5.51. The molecular weight excluding hydrogens is 362 g/mol. The number of rotatable bonds is 6. The van der Waals surface area contributed by atoms with Crippen LogP contribution in [0.3, 0.4) is 0 Å². The predicted molar refractivity (Wildman–Crippen MR) is 119 cm³/mol. The molecule has 1 saturated heterocycles. The van der Waals surface area contributed by atoms with E-state index < -0.39 is 0 Å². The Bertz CT molecular complexity index is 807. The molecule has 0 amide bonds. The van der Waals surface area contributed by atoms with Crippen molar-refractivity contribution in [1.29, 1.82) is 0 Å². The first-order chi connectivity index (χ1) is 14.2. The van der Waals surface area contributed by atoms with Crippen molar-refractivity contribution in [2.75, 3.05) is 58.7 Å². The zero-order valence-corrected chi connectivity index (χ0v) is 17.8. The number of hydrogen-bond acceptors (Lipinski definition) is 6. The number of hydrogen-bond donors (Lipinski definition) is 2. The molecular formula is C23H33N5O. The molecule has 3 aliphatic rings. The normalized spacial score (nSPS) is 25.1. The molecule has 4 rings (SSSR count). The Balaban J connectivity index is 1.28. The maximum atomic E-state index is 5.51. The molecule has 0 aromatic heterocycles. The SMILES string of the molecule is CNc1ccccc1C1=NCC(CN2CCN(C3=CC(C)CC(OC)=C3)CC2)N1. The second-order valence-electron chi connectivity index (χ2n) is 8.20. The van der Waals surface area contributed by atoms with E-state index in [9.17, 15) is 0 Å². The van der Waals surface area contributed by atoms with E-state index in [0.717, 1.165) is 68.5 Å². The molecule has 6 nitrogen and oxygen atoms in total. The fourth-order valence-electron chi connectivity index (χ4n) is 4.44. The average molecular weight is 396 g/mol. The van der Waals surface area contributed by atoms with Crippen molar-refractivity contribution in [3.05, 3.63) is 53.4 Å². The third-order valence-corrected chi connectivity index (χ3v) is 6.03. The summed E-state index contributed by atoms with van der Waals surface area (Å²) in [4.78, 5) is 9.83. The van der Waals surface area contributed by atoms with Gasteiger partial charge in [-0.2, -0.15) is 0 Å². The van der Waals surface area contributed by atoms with Gasteiger partial charge in [0.1, 0.15) is 5.84 Å². The van der Waals surface area contributed by atoms with E-state index in [2.05, 4.69) is 63.8 Å². The molecule has 29 heavy (non-hydrogen) atoms. The van der Waals surface area contributed by atoms with Gasteiger partial charge >= 0.3 is 0 Å². The van der Waals surface area contributed by atoms with Crippen LogP contribution in [0.5, 0.6) is 0 Å². The number of para-hydroxylation sites is 1. The van der Waals surface area contributed by atoms with Crippen LogP contribution in [-0.2, 0) is 4.74 Å². The van der Waals surface area contributed by atoms with E-state index in [1.165, 1.54) is 5.70 Å². The summed E-state index contributed by atoms with van der Waals surface area (Å²) in [5, 5.41) is 6.90. The summed E-state index contributed by atoms with van der Waals surface area (Å²) in [6.45, 7) is 8.44. The van der Waals surface area contributed by atoms with Gasteiger partial charge in [0.05, 0.1) is 25.5 Å². The zero-order chi connectivity index (χ0) is 20.2. The van der Waals surface area contributed by atoms with E-state index in [-0.39, 0.29) is 0 Å². The molecule has 2 aliphatic heterocycles. The van der Waals surface area contributed by atoms with Crippen LogP contribution in [0.4, 0.5) is 5.69 Å². The van der Waals surface area contributed by atoms with Crippen molar-refractivity contribution in [3.63, 3.8) is 0 Å². The first kappa shape index (κ1) is 19.8. The lowest BCUT2D eigenvalue weighted by Gasteiger charge is -2.38. The number of aliphatic imine (C=N–C) groups is 1. The zero-order valence-electron chi connectivity index (χ0n) is 17.8. The molecule has 1 aromatic rings. The Morgan fingerprint density at radius 1 is 1.21 bits per heavy atom. The summed E-state index contributed by atoms with van der Waals surface area (Å²) < 4.78 is 5.51. The molecule has 0 spiro atoms. The van der Waals surface area contributed by atoms with Gasteiger partial charge in [-0.3, -0.25) is 9.89 Å². The highest BCUT2D eigenvalue weighted by Crippen LogP contribution is 2.25. The summed E-state index contributed by atoms with van der Waals surface area (Å²) in [7, 11) is 3.73. The Hall–Kier alpha value is -2.47. The third-order valence-electron chi connectivity index (χ3n) is 6.03. The second kappa shape index (κ2) is 8.91. The molecule has 1 fully saturated rings. The van der Waals surface area contributed by atoms with E-state index >= 15 is 0 Å². The van der Waals surface area contributed by atoms with Gasteiger partial charge in [-0.15, -0.1) is 0 Å². The molecule has 0 radical (unpaired) electrons. The summed E-state index contributed by atoms with van der Waals surface area (Å²) in [6, 6.07) is 8.72. The van der Waals surface area contributed by atoms with Crippen LogP contribution in [0.2, 0.25) is 0 Å². The highest BCUT2D eigenvalue weighted by atomic mass is 16.5. The fourth-order valence-corrected chi connectivity index (χ4v) is 4.44. The van der Waals surface area contributed by atoms with Crippen molar-refractivity contribution in [2.45, 2.75) is 19.4 Å². The summed E-state index contributed by atoms with van der Waals surface area (Å²) >= 11 is 0. The first-order valence-electron chi connectivity index (χ1n) is 10.7. The molecule has 2 atom stereocenters. The van der Waals surface area contributed by atoms with Gasteiger partial charge in [0, 0.05) is 63.1 Å². The minimum absolute atomic E-state index is 0.385. The van der Waals surface area contributed by atoms with E-state index in [1.54, 1.807) is 7.11 Å². The lowest BCUT2D eigenvalue weighted by molar-refractivity contribution is 0.151. The van der Waals surface area contributed by atoms with Gasteiger partial charge in [0.2, 0.25) is 0 Å². The Labute approximate surface area is 174 Å². The van der Waals surface area contributed by atoms with Gasteiger partial charge in [0.25, 0.3) is 0 Å². The first-order valence-corrected chi connectivity index (χ1v) is 10.7. The molecule has 6 heteroatoms. The number of anilines is 1. The van der Waals surface area contributed by atoms with Crippen LogP contribution in [-0.4, -0.2) is 75.1 Å². The number of ether oxygens (including phenoxy) is 1. The quantitative estimate of drug-likeness (QED) is 0.775. The predicted octanol–water partition coefficient (Wildman–Crippen LogP) is 2.52. The smallest absolute Gasteiger partial charge is 0.130 e. The summed E-state index contributed by atoms with van der Waals surface area (Å²) in [5.74, 6) is 2.65. The Kier molecular flexibility index (Phi) is 6.09. The standard InChI is InChI=1S/C23H33N5O/c1-17-12-19(14-20(13-17)29-3)28-10-8-27(9-11-28)16-18-15-25-23(26-18)21-6-4-5-7-22(21)24-2/h4-7,12,14,17-18,24H,8-11,13,15-16H2,1-3H3,(H,25,26). The van der Waals surface area contributed by atoms with Crippen LogP contribution in [0.15, 0.2) is 52.9 Å². The monoisotopic (exact) mass is 395 g/mol. The van der Waals surface area contributed by atoms with E-state index in [4.69, 9.17) is 9.73 Å².